The molecule has 21 aromatic carbocycles. The van der Waals surface area contributed by atoms with Gasteiger partial charge in [-0.2, -0.15) is 0 Å². The van der Waals surface area contributed by atoms with E-state index in [1.165, 1.54) is 4.57 Å². The highest BCUT2D eigenvalue weighted by Crippen LogP contribution is 2.49. The van der Waals surface area contributed by atoms with E-state index in [4.69, 9.17) is 81.9 Å². The van der Waals surface area contributed by atoms with E-state index in [0.717, 1.165) is 76.3 Å². The highest BCUT2D eigenvalue weighted by atomic mass is 16.3. The molecule has 30 rings (SSSR count). The summed E-state index contributed by atoms with van der Waals surface area (Å²) >= 11 is 0. The molecule has 0 N–H and O–H groups in total. The van der Waals surface area contributed by atoms with E-state index in [-0.39, 0.29) is 142 Å². The van der Waals surface area contributed by atoms with Gasteiger partial charge >= 0.3 is 0 Å². The first kappa shape index (κ1) is 60.1. The van der Waals surface area contributed by atoms with Gasteiger partial charge in [0.2, 0.25) is 0 Å². The minimum atomic E-state index is -0.617. The molecule has 0 atom stereocenters. The van der Waals surface area contributed by atoms with Gasteiger partial charge < -0.3 is 27.0 Å². The minimum Gasteiger partial charge on any atom is -0.454 e. The van der Waals surface area contributed by atoms with E-state index in [2.05, 4.69) is 58.1 Å². The molecule has 0 unspecified atom stereocenters. The van der Waals surface area contributed by atoms with Crippen LogP contribution in [0.25, 0.3) is 283 Å². The first-order valence-electron chi connectivity index (χ1n) is 59.0. The molecule has 0 aliphatic rings. The molecular formula is C129H78N12O3. The van der Waals surface area contributed by atoms with Gasteiger partial charge in [0.25, 0.3) is 0 Å². The van der Waals surface area contributed by atoms with Crippen molar-refractivity contribution in [3.63, 3.8) is 0 Å². The van der Waals surface area contributed by atoms with E-state index in [9.17, 15) is 6.85 Å². The Kier molecular flexibility index (Phi) is 14.2. The van der Waals surface area contributed by atoms with Gasteiger partial charge in [0.05, 0.1) is 85.8 Å². The molecule has 9 heterocycles. The lowest BCUT2D eigenvalue weighted by Crippen LogP contribution is -2.01. The topological polar surface area (TPSA) is 170 Å². The fourth-order valence-electron chi connectivity index (χ4n) is 19.5. The van der Waals surface area contributed by atoms with Gasteiger partial charge in [-0.25, -0.2) is 44.9 Å². The quantitative estimate of drug-likeness (QED) is 0.114. The van der Waals surface area contributed by atoms with E-state index in [1.54, 1.807) is 24.3 Å². The van der Waals surface area contributed by atoms with Gasteiger partial charge in [0.15, 0.2) is 69.2 Å². The molecule has 0 bridgehead atoms. The second kappa shape index (κ2) is 34.1. The largest absolute Gasteiger partial charge is 0.454 e. The summed E-state index contributed by atoms with van der Waals surface area (Å²) in [7, 11) is 0. The monoisotopic (exact) mass is 1870 g/mol. The molecule has 0 aliphatic carbocycles. The van der Waals surface area contributed by atoms with Crippen molar-refractivity contribution in [2.45, 2.75) is 0 Å². The van der Waals surface area contributed by atoms with Crippen LogP contribution >= 0.6 is 0 Å². The van der Waals surface area contributed by atoms with Gasteiger partial charge in [0.1, 0.15) is 16.7 Å². The lowest BCUT2D eigenvalue weighted by atomic mass is 10.0. The molecule has 15 heteroatoms. The number of furan rings is 3. The molecule has 0 radical (unpaired) electrons. The van der Waals surface area contributed by atoms with E-state index in [1.807, 2.05) is 247 Å². The van der Waals surface area contributed by atoms with Crippen LogP contribution in [0.3, 0.4) is 0 Å². The average Bonchev–Trinajstić information content (AvgIpc) is 1.50. The SMILES string of the molecule is [2H]c1c([2H])c([2H])c(-c2nc(-c3c([2H])c([2H])c([2H])c([2H])c3[2H])nc(-c3ccc(-n4c5ccccc5c5cc6ccccc6cc54)c4oc5ccccc5c34)n2)c([2H])c1[2H].[2H]c1c([2H])c([2H])c2c([2H])c3c(c([2H])c2c1[2H])c1c([2H])c([2H])c([2H])c([2H])c1n3-c1ccc(-c2nc(-c3ccccc3)nc(-c3ccccc3)n2)c2c1oc1ccccc12.[2H]c1c([2H])c([2H])c2c(oc3c(-n4c5ccccc5c5cc6ccccc6cc54)c([2H])c([2H])c(-c4nc(-c5ccccc5)nc(-c5ccccc5)n4)c32)c1[2H]. The van der Waals surface area contributed by atoms with E-state index < -0.39 is 127 Å². The summed E-state index contributed by atoms with van der Waals surface area (Å²) in [5, 5.41) is 10.4. The van der Waals surface area contributed by atoms with Crippen LogP contribution in [0.5, 0.6) is 0 Å². The Morgan fingerprint density at radius 1 is 0.181 bits per heavy atom. The van der Waals surface area contributed by atoms with Crippen LogP contribution < -0.4 is 0 Å². The van der Waals surface area contributed by atoms with Crippen molar-refractivity contribution in [3.05, 3.63) is 473 Å². The Bertz CT molecular complexity index is 11900. The number of fused-ring (bicyclic) bond motifs is 21. The zero-order valence-electron chi connectivity index (χ0n) is 101. The number of nitrogens with zero attached hydrogens (tertiary/aromatic N) is 12. The first-order chi connectivity index (χ1) is 82.2. The molecule has 0 aliphatic heterocycles. The molecule has 30 aromatic rings. The summed E-state index contributed by atoms with van der Waals surface area (Å²) in [6.07, 6.45) is 0. The maximum atomic E-state index is 9.75. The van der Waals surface area contributed by atoms with Crippen molar-refractivity contribution in [2.24, 2.45) is 0 Å². The van der Waals surface area contributed by atoms with Gasteiger partial charge in [0, 0.05) is 115 Å². The second-order valence-corrected chi connectivity index (χ2v) is 34.2. The van der Waals surface area contributed by atoms with Gasteiger partial charge in [-0.15, -0.1) is 0 Å². The average molecular weight is 1870 g/mol. The highest BCUT2D eigenvalue weighted by molar-refractivity contribution is 6.22. The van der Waals surface area contributed by atoms with Crippen molar-refractivity contribution >= 4 is 164 Å². The highest BCUT2D eigenvalue weighted by Gasteiger charge is 2.29. The minimum absolute atomic E-state index is 0.0445. The number of aromatic nitrogens is 12. The molecule has 0 spiro atoms. The Morgan fingerprint density at radius 2 is 0.521 bits per heavy atom. The lowest BCUT2D eigenvalue weighted by Gasteiger charge is -2.12. The van der Waals surface area contributed by atoms with Crippen molar-refractivity contribution in [2.75, 3.05) is 0 Å². The Morgan fingerprint density at radius 3 is 1.00 bits per heavy atom. The molecule has 0 saturated carbocycles. The summed E-state index contributed by atoms with van der Waals surface area (Å²) in [5.74, 6) is 1.22. The molecule has 672 valence electrons. The van der Waals surface area contributed by atoms with Gasteiger partial charge in [-0.1, -0.05) is 364 Å². The smallest absolute Gasteiger partial charge is 0.164 e. The second-order valence-electron chi connectivity index (χ2n) is 34.2. The standard InChI is InChI=1S/3C43H26N4O/c3*1-3-13-27(14-4-1)41-44-42(28-15-5-2-6-16-28)46-43(45-41)33-23-24-36(40-39(33)32-20-10-12-22-38(32)48-40)47-35-21-11-9-19-31(35)34-25-29-17-7-8-18-30(29)26-37(34)47/h3*1-26H/i7D,8D,9D,11D,17D,18D,19D,21D,25D,26D;1D,2D,3D,4D,5D,6D,13D,14D,15D,16D;10D,12D,20D,22D,23D,24D. The van der Waals surface area contributed by atoms with Gasteiger partial charge in [-0.3, -0.25) is 0 Å². The van der Waals surface area contributed by atoms with Crippen LogP contribution in [0.4, 0.5) is 0 Å². The number of hydrogen-bond donors (Lipinski definition) is 0. The van der Waals surface area contributed by atoms with Crippen molar-refractivity contribution in [1.82, 2.24) is 58.6 Å². The molecule has 15 nitrogen and oxygen atoms in total. The van der Waals surface area contributed by atoms with Crippen molar-refractivity contribution in [3.8, 4) is 120 Å². The predicted octanol–water partition coefficient (Wildman–Crippen LogP) is 33.1. The van der Waals surface area contributed by atoms with Crippen LogP contribution in [0.2, 0.25) is 0 Å². The predicted molar refractivity (Wildman–Crippen MR) is 586 cm³/mol. The molecular weight excluding hydrogens is 1770 g/mol. The Balaban J connectivity index is 0.000000118. The van der Waals surface area contributed by atoms with Crippen LogP contribution in [-0.2, 0) is 0 Å². The number of rotatable bonds is 12. The summed E-state index contributed by atoms with van der Waals surface area (Å²) in [4.78, 5) is 43.3. The third-order valence-corrected chi connectivity index (χ3v) is 25.9. The van der Waals surface area contributed by atoms with Crippen LogP contribution in [0.1, 0.15) is 35.6 Å². The molecule has 0 saturated heterocycles. The molecule has 0 fully saturated rings. The molecule has 144 heavy (non-hydrogen) atoms. The number of para-hydroxylation sites is 6. The number of hydrogen-bond acceptors (Lipinski definition) is 12. The normalized spacial score (nSPS) is 14.3. The van der Waals surface area contributed by atoms with Crippen LogP contribution in [0, 0.1) is 0 Å². The third-order valence-electron chi connectivity index (χ3n) is 25.9. The van der Waals surface area contributed by atoms with E-state index >= 15 is 0 Å². The first-order valence-corrected chi connectivity index (χ1v) is 46.0. The third kappa shape index (κ3) is 14.0. The molecule has 0 amide bonds. The summed E-state index contributed by atoms with van der Waals surface area (Å²) in [6, 6.07) is 87.4. The van der Waals surface area contributed by atoms with Crippen molar-refractivity contribution in [1.29, 1.82) is 0 Å². The van der Waals surface area contributed by atoms with E-state index in [0.29, 0.717) is 95.4 Å². The van der Waals surface area contributed by atoms with Crippen LogP contribution in [-0.4, -0.2) is 58.6 Å². The maximum Gasteiger partial charge on any atom is 0.164 e. The zero-order valence-corrected chi connectivity index (χ0v) is 75.1. The fourth-order valence-corrected chi connectivity index (χ4v) is 19.5. The van der Waals surface area contributed by atoms with Crippen LogP contribution in [0.15, 0.2) is 486 Å². The summed E-state index contributed by atoms with van der Waals surface area (Å²) in [6.45, 7) is 0. The lowest BCUT2D eigenvalue weighted by molar-refractivity contribution is 0.666. The Labute approximate surface area is 859 Å². The number of benzene rings is 21. The summed E-state index contributed by atoms with van der Waals surface area (Å²) < 4.78 is 254. The Hall–Kier alpha value is -19.8. The maximum absolute atomic E-state index is 9.75. The zero-order chi connectivity index (χ0) is 117. The van der Waals surface area contributed by atoms with Gasteiger partial charge in [-0.05, 0) is 141 Å². The fraction of sp³-hybridized carbons (Fsp3) is 0. The van der Waals surface area contributed by atoms with Crippen molar-refractivity contribution < 1.29 is 48.9 Å². The molecule has 9 aromatic heterocycles. The summed E-state index contributed by atoms with van der Waals surface area (Å²) in [5.41, 5.74) is 9.68.